The topological polar surface area (TPSA) is 102 Å². The van der Waals surface area contributed by atoms with Gasteiger partial charge in [0.25, 0.3) is 5.91 Å². The number of nitrogens with zero attached hydrogens (tertiary/aromatic N) is 2. The van der Waals surface area contributed by atoms with Gasteiger partial charge in [0.1, 0.15) is 0 Å². The third-order valence-corrected chi connectivity index (χ3v) is 6.98. The highest BCUT2D eigenvalue weighted by molar-refractivity contribution is 9.10. The fraction of sp³-hybridized carbons (Fsp3) is 0.233. The second-order valence-electron chi connectivity index (χ2n) is 9.67. The summed E-state index contributed by atoms with van der Waals surface area (Å²) in [6.07, 6.45) is 0.815. The van der Waals surface area contributed by atoms with E-state index >= 15 is 0 Å². The zero-order valence-corrected chi connectivity index (χ0v) is 23.7. The van der Waals surface area contributed by atoms with Crippen LogP contribution in [0.5, 0.6) is 0 Å². The van der Waals surface area contributed by atoms with Gasteiger partial charge < -0.3 is 25.5 Å². The number of halogens is 1. The monoisotopic (exact) mass is 590 g/mol. The van der Waals surface area contributed by atoms with Crippen LogP contribution < -0.4 is 15.5 Å². The quantitative estimate of drug-likeness (QED) is 0.276. The van der Waals surface area contributed by atoms with E-state index in [2.05, 4.69) is 26.6 Å². The first kappa shape index (κ1) is 28.1. The van der Waals surface area contributed by atoms with E-state index in [1.807, 2.05) is 85.7 Å². The average Bonchev–Trinajstić information content (AvgIpc) is 3.23. The van der Waals surface area contributed by atoms with Crippen LogP contribution in [0.15, 0.2) is 71.2 Å². The molecular weight excluding hydrogens is 560 g/mol. The number of anilines is 3. The fourth-order valence-corrected chi connectivity index (χ4v) is 4.71. The van der Waals surface area contributed by atoms with Crippen LogP contribution in [0.2, 0.25) is 0 Å². The number of benzene rings is 3. The maximum atomic E-state index is 13.2. The number of aryl methyl sites for hydroxylation is 1. The van der Waals surface area contributed by atoms with Gasteiger partial charge in [0.2, 0.25) is 5.91 Å². The Balaban J connectivity index is 1.70. The molecule has 9 heteroatoms. The Hall–Kier alpha value is -3.95. The number of fused-ring (bicyclic) bond motifs is 1. The number of carbonyl (C=O) groups excluding carboxylic acids is 2. The van der Waals surface area contributed by atoms with Crippen molar-refractivity contribution in [1.82, 2.24) is 4.90 Å². The number of rotatable bonds is 10. The molecule has 0 unspecified atom stereocenters. The van der Waals surface area contributed by atoms with Crippen LogP contribution in [0.1, 0.15) is 29.5 Å². The van der Waals surface area contributed by atoms with Crippen molar-refractivity contribution in [3.8, 4) is 0 Å². The second kappa shape index (κ2) is 12.3. The molecule has 3 N–H and O–H groups in total. The summed E-state index contributed by atoms with van der Waals surface area (Å²) in [5.41, 5.74) is 5.70. The Morgan fingerprint density at radius 2 is 1.72 bits per heavy atom. The molecule has 0 saturated carbocycles. The molecule has 0 aromatic heterocycles. The number of carboxylic acids is 1. The van der Waals surface area contributed by atoms with Crippen molar-refractivity contribution in [3.05, 3.63) is 87.9 Å². The Labute approximate surface area is 236 Å². The molecule has 2 amide bonds. The van der Waals surface area contributed by atoms with E-state index in [0.29, 0.717) is 36.3 Å². The highest BCUT2D eigenvalue weighted by Gasteiger charge is 2.28. The summed E-state index contributed by atoms with van der Waals surface area (Å²) in [6.45, 7) is 0.672. The number of hydrogen-bond donors (Lipinski definition) is 3. The first-order valence-corrected chi connectivity index (χ1v) is 13.4. The molecule has 8 nitrogen and oxygen atoms in total. The van der Waals surface area contributed by atoms with Crippen molar-refractivity contribution >= 4 is 62.0 Å². The van der Waals surface area contributed by atoms with E-state index in [0.717, 1.165) is 32.5 Å². The fourth-order valence-electron chi connectivity index (χ4n) is 4.35. The lowest BCUT2D eigenvalue weighted by Gasteiger charge is -2.20. The zero-order chi connectivity index (χ0) is 28.1. The Morgan fingerprint density at radius 3 is 2.41 bits per heavy atom. The Morgan fingerprint density at radius 1 is 0.974 bits per heavy atom. The largest absolute Gasteiger partial charge is 0.481 e. The van der Waals surface area contributed by atoms with Crippen molar-refractivity contribution in [3.63, 3.8) is 0 Å². The van der Waals surface area contributed by atoms with Gasteiger partial charge in [-0.05, 0) is 74.1 Å². The van der Waals surface area contributed by atoms with Crippen LogP contribution >= 0.6 is 15.9 Å². The van der Waals surface area contributed by atoms with E-state index in [-0.39, 0.29) is 18.2 Å². The van der Waals surface area contributed by atoms with Crippen LogP contribution in [-0.4, -0.2) is 55.5 Å². The molecule has 0 saturated heterocycles. The van der Waals surface area contributed by atoms with Gasteiger partial charge in [-0.2, -0.15) is 0 Å². The van der Waals surface area contributed by atoms with E-state index < -0.39 is 5.97 Å². The van der Waals surface area contributed by atoms with Crippen molar-refractivity contribution < 1.29 is 19.5 Å². The van der Waals surface area contributed by atoms with Crippen molar-refractivity contribution in [2.45, 2.75) is 19.3 Å². The first-order valence-electron chi connectivity index (χ1n) is 12.6. The average molecular weight is 592 g/mol. The lowest BCUT2D eigenvalue weighted by Crippen LogP contribution is -2.29. The number of carbonyl (C=O) groups is 3. The number of amides is 2. The molecule has 202 valence electrons. The molecule has 1 heterocycles. The minimum absolute atomic E-state index is 0.0162. The lowest BCUT2D eigenvalue weighted by molar-refractivity contribution is -0.137. The zero-order valence-electron chi connectivity index (χ0n) is 22.1. The second-order valence-corrected chi connectivity index (χ2v) is 10.6. The molecule has 0 aliphatic carbocycles. The summed E-state index contributed by atoms with van der Waals surface area (Å²) in [5, 5.41) is 15.5. The number of carboxylic acid groups (broad SMARTS) is 1. The maximum absolute atomic E-state index is 13.2. The molecule has 0 radical (unpaired) electrons. The normalized spacial score (nSPS) is 13.6. The summed E-state index contributed by atoms with van der Waals surface area (Å²) in [4.78, 5) is 40.5. The minimum Gasteiger partial charge on any atom is -0.481 e. The van der Waals surface area contributed by atoms with Crippen LogP contribution in [0, 0.1) is 0 Å². The Bertz CT molecular complexity index is 1430. The first-order chi connectivity index (χ1) is 18.6. The van der Waals surface area contributed by atoms with Gasteiger partial charge in [0, 0.05) is 47.8 Å². The third-order valence-electron chi connectivity index (χ3n) is 6.49. The predicted octanol–water partition coefficient (Wildman–Crippen LogP) is 5.31. The van der Waals surface area contributed by atoms with E-state index in [9.17, 15) is 14.4 Å². The molecule has 0 atom stereocenters. The lowest BCUT2D eigenvalue weighted by atomic mass is 9.97. The van der Waals surface area contributed by atoms with Crippen LogP contribution in [-0.2, 0) is 20.8 Å². The van der Waals surface area contributed by atoms with Gasteiger partial charge in [0.15, 0.2) is 0 Å². The molecule has 0 fully saturated rings. The van der Waals surface area contributed by atoms with Gasteiger partial charge in [0.05, 0.1) is 17.0 Å². The third kappa shape index (κ3) is 6.93. The minimum atomic E-state index is -0.864. The van der Waals surface area contributed by atoms with Crippen molar-refractivity contribution in [1.29, 1.82) is 0 Å². The van der Waals surface area contributed by atoms with Gasteiger partial charge in [-0.3, -0.25) is 14.4 Å². The van der Waals surface area contributed by atoms with E-state index in [1.54, 1.807) is 11.9 Å². The molecule has 4 rings (SSSR count). The van der Waals surface area contributed by atoms with Gasteiger partial charge in [-0.15, -0.1) is 0 Å². The molecule has 1 aliphatic rings. The summed E-state index contributed by atoms with van der Waals surface area (Å²) >= 11 is 3.46. The highest BCUT2D eigenvalue weighted by atomic mass is 79.9. The molecule has 39 heavy (non-hydrogen) atoms. The van der Waals surface area contributed by atoms with E-state index in [1.165, 1.54) is 0 Å². The molecule has 3 aromatic rings. The van der Waals surface area contributed by atoms with Crippen molar-refractivity contribution in [2.75, 3.05) is 43.2 Å². The predicted molar refractivity (Wildman–Crippen MR) is 159 cm³/mol. The molecule has 1 aliphatic heterocycles. The molecule has 0 spiro atoms. The van der Waals surface area contributed by atoms with Crippen LogP contribution in [0.3, 0.4) is 0 Å². The Kier molecular flexibility index (Phi) is 8.83. The smallest absolute Gasteiger partial charge is 0.303 e. The van der Waals surface area contributed by atoms with Crippen LogP contribution in [0.4, 0.5) is 17.1 Å². The van der Waals surface area contributed by atoms with Gasteiger partial charge in [-0.25, -0.2) is 0 Å². The van der Waals surface area contributed by atoms with E-state index in [4.69, 9.17) is 5.11 Å². The standard InChI is InChI=1S/C30H31BrN4O4/c1-34(2)16-15-26(36)35(3)23-11-9-22(10-12-23)32-29(20-6-4-5-19(17-20)7-14-27(37)38)28-24-13-8-21(31)18-25(24)33-30(28)39/h4-6,8-13,17-18,32H,7,14-16H2,1-3H3,(H,33,39)(H,37,38). The van der Waals surface area contributed by atoms with Gasteiger partial charge >= 0.3 is 5.97 Å². The summed E-state index contributed by atoms with van der Waals surface area (Å²) in [5.74, 6) is -1.07. The van der Waals surface area contributed by atoms with Gasteiger partial charge in [-0.1, -0.05) is 40.2 Å². The SMILES string of the molecule is CN(C)CCC(=O)N(C)c1ccc(NC(=C2C(=O)Nc3cc(Br)ccc32)c2cccc(CCC(=O)O)c2)cc1. The number of nitrogens with one attached hydrogen (secondary N) is 2. The molecule has 0 bridgehead atoms. The highest BCUT2D eigenvalue weighted by Crippen LogP contribution is 2.39. The van der Waals surface area contributed by atoms with Crippen molar-refractivity contribution in [2.24, 2.45) is 0 Å². The number of hydrogen-bond acceptors (Lipinski definition) is 5. The summed E-state index contributed by atoms with van der Waals surface area (Å²) in [6, 6.07) is 20.7. The summed E-state index contributed by atoms with van der Waals surface area (Å²) in [7, 11) is 5.63. The number of aliphatic carboxylic acids is 1. The maximum Gasteiger partial charge on any atom is 0.303 e. The molecule has 3 aromatic carbocycles. The molecular formula is C30H31BrN4O4. The summed E-state index contributed by atoms with van der Waals surface area (Å²) < 4.78 is 0.854. The van der Waals surface area contributed by atoms with Crippen LogP contribution in [0.25, 0.3) is 11.3 Å².